The molecule has 0 amide bonds. The summed E-state index contributed by atoms with van der Waals surface area (Å²) >= 11 is 6.18. The van der Waals surface area contributed by atoms with Crippen LogP contribution in [0.25, 0.3) is 0 Å². The Morgan fingerprint density at radius 1 is 1.12 bits per heavy atom. The molecule has 2 fully saturated rings. The summed E-state index contributed by atoms with van der Waals surface area (Å²) in [5, 5.41) is 0.645. The fourth-order valence-corrected chi connectivity index (χ4v) is 10.2. The van der Waals surface area contributed by atoms with Crippen molar-refractivity contribution >= 4 is 18.0 Å². The van der Waals surface area contributed by atoms with Gasteiger partial charge in [0.05, 0.1) is 13.2 Å². The SMILES string of the molecule is CC1C(C)(C)P(=S)(N2CCOCC2)C1(C)C. The molecule has 0 spiro atoms. The first kappa shape index (κ1) is 13.0. The van der Waals surface area contributed by atoms with Crippen molar-refractivity contribution in [2.45, 2.75) is 44.9 Å². The number of ether oxygens (including phenoxy) is 1. The summed E-state index contributed by atoms with van der Waals surface area (Å²) in [5.41, 5.74) is 0. The van der Waals surface area contributed by atoms with Crippen molar-refractivity contribution in [2.24, 2.45) is 5.92 Å². The minimum absolute atomic E-state index is 0.323. The van der Waals surface area contributed by atoms with Crippen molar-refractivity contribution in [3.63, 3.8) is 0 Å². The highest BCUT2D eigenvalue weighted by atomic mass is 32.4. The van der Waals surface area contributed by atoms with Gasteiger partial charge in [0.2, 0.25) is 0 Å². The highest BCUT2D eigenvalue weighted by molar-refractivity contribution is 8.15. The molecular formula is C12H24NOPS. The van der Waals surface area contributed by atoms with E-state index in [1.807, 2.05) is 0 Å². The first-order valence-corrected chi connectivity index (χ1v) is 8.95. The van der Waals surface area contributed by atoms with Crippen molar-refractivity contribution < 1.29 is 4.74 Å². The molecule has 2 heterocycles. The summed E-state index contributed by atoms with van der Waals surface area (Å²) in [4.78, 5) is 0. The van der Waals surface area contributed by atoms with Gasteiger partial charge in [0.25, 0.3) is 0 Å². The number of nitrogens with zero attached hydrogens (tertiary/aromatic N) is 1. The van der Waals surface area contributed by atoms with Crippen molar-refractivity contribution in [3.8, 4) is 0 Å². The van der Waals surface area contributed by atoms with E-state index in [2.05, 4.69) is 39.3 Å². The summed E-state index contributed by atoms with van der Waals surface area (Å²) in [6.45, 7) is 15.7. The number of hydrogen-bond acceptors (Lipinski definition) is 2. The molecule has 16 heavy (non-hydrogen) atoms. The number of rotatable bonds is 1. The molecule has 4 heteroatoms. The van der Waals surface area contributed by atoms with Gasteiger partial charge in [-0.15, -0.1) is 0 Å². The van der Waals surface area contributed by atoms with Crippen LogP contribution in [-0.4, -0.2) is 41.3 Å². The molecule has 0 aromatic heterocycles. The van der Waals surface area contributed by atoms with Crippen LogP contribution in [0.1, 0.15) is 34.6 Å². The van der Waals surface area contributed by atoms with Gasteiger partial charge in [0.15, 0.2) is 0 Å². The van der Waals surface area contributed by atoms with Gasteiger partial charge in [-0.05, 0) is 5.92 Å². The van der Waals surface area contributed by atoms with Gasteiger partial charge >= 0.3 is 0 Å². The summed E-state index contributed by atoms with van der Waals surface area (Å²) in [6, 6.07) is 0. The molecule has 0 aliphatic carbocycles. The largest absolute Gasteiger partial charge is 0.379 e. The molecule has 0 saturated carbocycles. The zero-order chi connectivity index (χ0) is 12.2. The molecule has 0 bridgehead atoms. The summed E-state index contributed by atoms with van der Waals surface area (Å²) in [7, 11) is 0. The van der Waals surface area contributed by atoms with Crippen molar-refractivity contribution in [1.29, 1.82) is 0 Å². The molecule has 94 valence electrons. The van der Waals surface area contributed by atoms with E-state index in [-0.39, 0.29) is 0 Å². The van der Waals surface area contributed by atoms with Crippen LogP contribution >= 0.6 is 6.19 Å². The lowest BCUT2D eigenvalue weighted by Gasteiger charge is -2.69. The van der Waals surface area contributed by atoms with Crippen LogP contribution in [0.15, 0.2) is 0 Å². The third-order valence-corrected chi connectivity index (χ3v) is 13.7. The summed E-state index contributed by atoms with van der Waals surface area (Å²) < 4.78 is 8.05. The van der Waals surface area contributed by atoms with E-state index in [4.69, 9.17) is 16.5 Å². The molecule has 0 radical (unpaired) electrons. The van der Waals surface area contributed by atoms with Gasteiger partial charge in [-0.25, -0.2) is 0 Å². The summed E-state index contributed by atoms with van der Waals surface area (Å²) in [6.07, 6.45) is -1.44. The predicted molar refractivity (Wildman–Crippen MR) is 74.0 cm³/mol. The zero-order valence-electron chi connectivity index (χ0n) is 11.1. The van der Waals surface area contributed by atoms with Crippen LogP contribution in [0, 0.1) is 5.92 Å². The second kappa shape index (κ2) is 3.78. The Morgan fingerprint density at radius 2 is 1.56 bits per heavy atom. The molecule has 2 nitrogen and oxygen atoms in total. The van der Waals surface area contributed by atoms with Crippen LogP contribution in [-0.2, 0) is 16.5 Å². The zero-order valence-corrected chi connectivity index (χ0v) is 12.8. The summed E-state index contributed by atoms with van der Waals surface area (Å²) in [5.74, 6) is 0.716. The van der Waals surface area contributed by atoms with Crippen LogP contribution in [0.5, 0.6) is 0 Å². The minimum Gasteiger partial charge on any atom is -0.379 e. The molecule has 0 aromatic carbocycles. The Hall–Kier alpha value is 0.570. The van der Waals surface area contributed by atoms with E-state index in [0.29, 0.717) is 16.2 Å². The second-order valence-corrected chi connectivity index (χ2v) is 11.8. The fourth-order valence-electron chi connectivity index (χ4n) is 3.63. The third-order valence-electron chi connectivity index (χ3n) is 5.07. The van der Waals surface area contributed by atoms with Crippen molar-refractivity contribution in [2.75, 3.05) is 26.3 Å². The molecule has 0 atom stereocenters. The van der Waals surface area contributed by atoms with E-state index in [9.17, 15) is 0 Å². The molecule has 2 aliphatic heterocycles. The Morgan fingerprint density at radius 3 is 2.00 bits per heavy atom. The van der Waals surface area contributed by atoms with Crippen LogP contribution in [0.4, 0.5) is 0 Å². The Labute approximate surface area is 105 Å². The highest BCUT2D eigenvalue weighted by Crippen LogP contribution is 2.83. The second-order valence-electron chi connectivity index (χ2n) is 6.17. The smallest absolute Gasteiger partial charge is 0.0597 e. The molecule has 0 N–H and O–H groups in total. The topological polar surface area (TPSA) is 12.5 Å². The van der Waals surface area contributed by atoms with Gasteiger partial charge in [-0.1, -0.05) is 46.4 Å². The van der Waals surface area contributed by atoms with Crippen LogP contribution < -0.4 is 0 Å². The van der Waals surface area contributed by atoms with E-state index in [1.54, 1.807) is 0 Å². The van der Waals surface area contributed by atoms with Gasteiger partial charge in [0.1, 0.15) is 0 Å². The van der Waals surface area contributed by atoms with E-state index < -0.39 is 6.19 Å². The first-order chi connectivity index (χ1) is 7.26. The van der Waals surface area contributed by atoms with Crippen LogP contribution in [0.2, 0.25) is 0 Å². The molecule has 0 aromatic rings. The first-order valence-electron chi connectivity index (χ1n) is 6.19. The lowest BCUT2D eigenvalue weighted by atomic mass is 9.83. The van der Waals surface area contributed by atoms with E-state index in [1.165, 1.54) is 0 Å². The third kappa shape index (κ3) is 1.35. The van der Waals surface area contributed by atoms with Gasteiger partial charge in [-0.3, -0.25) is 4.67 Å². The lowest BCUT2D eigenvalue weighted by molar-refractivity contribution is 0.0682. The molecular weight excluding hydrogens is 237 g/mol. The molecule has 0 unspecified atom stereocenters. The monoisotopic (exact) mass is 261 g/mol. The molecule has 2 rings (SSSR count). The number of hydrogen-bond donors (Lipinski definition) is 0. The minimum atomic E-state index is -1.44. The Bertz CT molecular complexity index is 314. The molecule has 2 saturated heterocycles. The Kier molecular flexibility index (Phi) is 3.07. The predicted octanol–water partition coefficient (Wildman–Crippen LogP) is 2.92. The number of morpholine rings is 1. The maximum absolute atomic E-state index is 6.18. The maximum Gasteiger partial charge on any atom is 0.0597 e. The standard InChI is InChI=1S/C12H24NOPS/c1-10-11(2,3)15(16,12(10,4)5)13-6-8-14-9-7-13/h10H,6-9H2,1-5H3. The van der Waals surface area contributed by atoms with E-state index >= 15 is 0 Å². The average molecular weight is 261 g/mol. The normalized spacial score (nSPS) is 42.7. The quantitative estimate of drug-likeness (QED) is 0.673. The average Bonchev–Trinajstić information content (AvgIpc) is 2.27. The van der Waals surface area contributed by atoms with E-state index in [0.717, 1.165) is 26.3 Å². The fraction of sp³-hybridized carbons (Fsp3) is 1.00. The van der Waals surface area contributed by atoms with Gasteiger partial charge in [-0.2, -0.15) is 0 Å². The Balaban J connectivity index is 2.32. The molecule has 2 aliphatic rings. The van der Waals surface area contributed by atoms with Crippen LogP contribution in [0.3, 0.4) is 0 Å². The highest BCUT2D eigenvalue weighted by Gasteiger charge is 2.66. The van der Waals surface area contributed by atoms with Crippen molar-refractivity contribution in [1.82, 2.24) is 4.67 Å². The van der Waals surface area contributed by atoms with Crippen molar-refractivity contribution in [3.05, 3.63) is 0 Å². The maximum atomic E-state index is 6.18. The van der Waals surface area contributed by atoms with Gasteiger partial charge in [0, 0.05) is 29.6 Å². The van der Waals surface area contributed by atoms with Gasteiger partial charge < -0.3 is 4.74 Å². The lowest BCUT2D eigenvalue weighted by Crippen LogP contribution is -2.62.